The molecule has 1 amide bonds. The predicted octanol–water partition coefficient (Wildman–Crippen LogP) is 5.42. The summed E-state index contributed by atoms with van der Waals surface area (Å²) in [6, 6.07) is 24.0. The molecule has 8 nitrogen and oxygen atoms in total. The van der Waals surface area contributed by atoms with E-state index < -0.39 is 22.0 Å². The summed E-state index contributed by atoms with van der Waals surface area (Å²) in [6.45, 7) is 0.449. The van der Waals surface area contributed by atoms with E-state index in [0.717, 1.165) is 10.3 Å². The van der Waals surface area contributed by atoms with Crippen LogP contribution in [0, 0.1) is 11.7 Å². The van der Waals surface area contributed by atoms with Gasteiger partial charge in [0.2, 0.25) is 0 Å². The second kappa shape index (κ2) is 11.5. The number of aliphatic hydroxyl groups is 1. The third-order valence-electron chi connectivity index (χ3n) is 6.92. The minimum atomic E-state index is -4.02. The molecule has 2 N–H and O–H groups in total. The molecule has 6 rings (SSSR count). The molecule has 0 saturated carbocycles. The summed E-state index contributed by atoms with van der Waals surface area (Å²) in [6.07, 6.45) is -0.473. The summed E-state index contributed by atoms with van der Waals surface area (Å²) in [5.74, 6) is -0.323. The Bertz CT molecular complexity index is 1880. The first-order valence-electron chi connectivity index (χ1n) is 13.1. The molecule has 2 atom stereocenters. The summed E-state index contributed by atoms with van der Waals surface area (Å²) in [5.41, 5.74) is 2.09. The fourth-order valence-corrected chi connectivity index (χ4v) is 6.68. The molecule has 42 heavy (non-hydrogen) atoms. The number of thiazole rings is 1. The van der Waals surface area contributed by atoms with E-state index >= 15 is 0 Å². The van der Waals surface area contributed by atoms with E-state index in [1.54, 1.807) is 54.6 Å². The van der Waals surface area contributed by atoms with Crippen molar-refractivity contribution in [1.82, 2.24) is 9.71 Å². The number of halogens is 1. The van der Waals surface area contributed by atoms with Crippen LogP contribution in [0.25, 0.3) is 10.2 Å². The number of carbonyl (C=O) groups excluding carboxylic acids is 1. The third kappa shape index (κ3) is 5.98. The minimum Gasteiger partial charge on any atom is -0.493 e. The minimum absolute atomic E-state index is 0.00513. The standard InChI is InChI=1S/C31H25FN2O6S2/c32-22-9-12-28-26(15-22)33-29(41-28)18-39-23-10-11-27-25(16-23)30(35)21(17-40-27)14-19-5-4-6-20(13-19)31(36)34-42(37,38)24-7-2-1-3-8-24/h1-13,15-16,21,30,35H,14,17-18H2,(H,34,36)/t21-,30-/m0/s1. The van der Waals surface area contributed by atoms with Crippen molar-refractivity contribution < 1.29 is 32.2 Å². The second-order valence-electron chi connectivity index (χ2n) is 9.88. The molecule has 1 aromatic heterocycles. The van der Waals surface area contributed by atoms with Gasteiger partial charge in [-0.3, -0.25) is 4.79 Å². The lowest BCUT2D eigenvalue weighted by Crippen LogP contribution is -2.31. The van der Waals surface area contributed by atoms with Crippen molar-refractivity contribution in [3.05, 3.63) is 119 Å². The first-order valence-corrected chi connectivity index (χ1v) is 15.4. The van der Waals surface area contributed by atoms with Crippen LogP contribution in [0.3, 0.4) is 0 Å². The van der Waals surface area contributed by atoms with E-state index in [0.29, 0.717) is 34.0 Å². The van der Waals surface area contributed by atoms with Crippen LogP contribution < -0.4 is 14.2 Å². The zero-order chi connectivity index (χ0) is 29.3. The topological polar surface area (TPSA) is 115 Å². The molecule has 0 bridgehead atoms. The average molecular weight is 605 g/mol. The normalized spacial score (nSPS) is 16.4. The van der Waals surface area contributed by atoms with Gasteiger partial charge in [0.15, 0.2) is 0 Å². The van der Waals surface area contributed by atoms with E-state index in [2.05, 4.69) is 9.71 Å². The van der Waals surface area contributed by atoms with Crippen molar-refractivity contribution in [2.75, 3.05) is 6.61 Å². The first-order chi connectivity index (χ1) is 20.2. The van der Waals surface area contributed by atoms with Gasteiger partial charge in [0.1, 0.15) is 28.9 Å². The second-order valence-corrected chi connectivity index (χ2v) is 12.7. The lowest BCUT2D eigenvalue weighted by Gasteiger charge is -2.30. The van der Waals surface area contributed by atoms with Crippen LogP contribution in [0.1, 0.15) is 32.6 Å². The highest BCUT2D eigenvalue weighted by Crippen LogP contribution is 2.39. The number of fused-ring (bicyclic) bond motifs is 2. The summed E-state index contributed by atoms with van der Waals surface area (Å²) in [7, 11) is -4.02. The van der Waals surface area contributed by atoms with Crippen molar-refractivity contribution in [3.63, 3.8) is 0 Å². The van der Waals surface area contributed by atoms with Crippen molar-refractivity contribution in [1.29, 1.82) is 0 Å². The highest BCUT2D eigenvalue weighted by atomic mass is 32.2. The van der Waals surface area contributed by atoms with Gasteiger partial charge >= 0.3 is 0 Å². The van der Waals surface area contributed by atoms with E-state index in [-0.39, 0.29) is 35.4 Å². The molecular formula is C31H25FN2O6S2. The average Bonchev–Trinajstić information content (AvgIpc) is 3.40. The fourth-order valence-electron chi connectivity index (χ4n) is 4.83. The predicted molar refractivity (Wildman–Crippen MR) is 156 cm³/mol. The Hall–Kier alpha value is -4.32. The molecular weight excluding hydrogens is 579 g/mol. The van der Waals surface area contributed by atoms with E-state index in [4.69, 9.17) is 9.47 Å². The smallest absolute Gasteiger partial charge is 0.265 e. The van der Waals surface area contributed by atoms with Gasteiger partial charge in [0.05, 0.1) is 27.8 Å². The third-order valence-corrected chi connectivity index (χ3v) is 9.28. The molecule has 1 aliphatic rings. The summed E-state index contributed by atoms with van der Waals surface area (Å²) in [5, 5.41) is 11.9. The molecule has 0 spiro atoms. The Morgan fingerprint density at radius 2 is 1.88 bits per heavy atom. The lowest BCUT2D eigenvalue weighted by molar-refractivity contribution is 0.0504. The van der Waals surface area contributed by atoms with Gasteiger partial charge in [-0.15, -0.1) is 11.3 Å². The maximum atomic E-state index is 13.5. The molecule has 214 valence electrons. The SMILES string of the molecule is O=C(NS(=O)(=O)c1ccccc1)c1cccc(C[C@H]2COc3ccc(OCc4nc5cc(F)ccc5s4)cc3[C@H]2O)c1. The molecule has 0 radical (unpaired) electrons. The highest BCUT2D eigenvalue weighted by Gasteiger charge is 2.30. The molecule has 2 heterocycles. The Morgan fingerprint density at radius 1 is 1.05 bits per heavy atom. The van der Waals surface area contributed by atoms with Gasteiger partial charge in [-0.25, -0.2) is 22.5 Å². The zero-order valence-corrected chi connectivity index (χ0v) is 23.7. The Labute approximate surface area is 245 Å². The van der Waals surface area contributed by atoms with Gasteiger partial charge in [-0.1, -0.05) is 30.3 Å². The Kier molecular flexibility index (Phi) is 7.63. The summed E-state index contributed by atoms with van der Waals surface area (Å²) >= 11 is 1.42. The summed E-state index contributed by atoms with van der Waals surface area (Å²) in [4.78, 5) is 17.2. The lowest BCUT2D eigenvalue weighted by atomic mass is 9.87. The molecule has 0 aliphatic carbocycles. The van der Waals surface area contributed by atoms with E-state index in [9.17, 15) is 22.7 Å². The van der Waals surface area contributed by atoms with Crippen LogP contribution in [0.15, 0.2) is 95.9 Å². The molecule has 5 aromatic rings. The molecule has 0 unspecified atom stereocenters. The largest absolute Gasteiger partial charge is 0.493 e. The van der Waals surface area contributed by atoms with Crippen LogP contribution in [0.5, 0.6) is 11.5 Å². The fraction of sp³-hybridized carbons (Fsp3) is 0.161. The number of hydrogen-bond donors (Lipinski definition) is 2. The van der Waals surface area contributed by atoms with Gasteiger partial charge in [0, 0.05) is 23.1 Å². The van der Waals surface area contributed by atoms with Crippen molar-refractivity contribution in [2.24, 2.45) is 5.92 Å². The maximum absolute atomic E-state index is 13.5. The number of sulfonamides is 1. The number of hydrogen-bond acceptors (Lipinski definition) is 8. The number of amides is 1. The van der Waals surface area contributed by atoms with E-state index in [1.807, 2.05) is 6.07 Å². The van der Waals surface area contributed by atoms with Gasteiger partial charge < -0.3 is 14.6 Å². The zero-order valence-electron chi connectivity index (χ0n) is 22.1. The molecule has 4 aromatic carbocycles. The first kappa shape index (κ1) is 27.8. The number of aliphatic hydroxyl groups excluding tert-OH is 1. The van der Waals surface area contributed by atoms with Crippen molar-refractivity contribution in [2.45, 2.75) is 24.0 Å². The molecule has 0 saturated heterocycles. The van der Waals surface area contributed by atoms with E-state index in [1.165, 1.54) is 41.7 Å². The van der Waals surface area contributed by atoms with Crippen LogP contribution in [-0.2, 0) is 23.1 Å². The Morgan fingerprint density at radius 3 is 2.71 bits per heavy atom. The number of carbonyl (C=O) groups is 1. The molecule has 11 heteroatoms. The van der Waals surface area contributed by atoms with Crippen LogP contribution in [0.4, 0.5) is 4.39 Å². The monoisotopic (exact) mass is 604 g/mol. The number of aromatic nitrogens is 1. The van der Waals surface area contributed by atoms with Gasteiger partial charge in [0.25, 0.3) is 15.9 Å². The highest BCUT2D eigenvalue weighted by molar-refractivity contribution is 7.90. The van der Waals surface area contributed by atoms with Crippen molar-refractivity contribution >= 4 is 37.5 Å². The van der Waals surface area contributed by atoms with Crippen LogP contribution in [0.2, 0.25) is 0 Å². The number of ether oxygens (including phenoxy) is 2. The van der Waals surface area contributed by atoms with Gasteiger partial charge in [-0.2, -0.15) is 0 Å². The van der Waals surface area contributed by atoms with Crippen molar-refractivity contribution in [3.8, 4) is 11.5 Å². The number of nitrogens with one attached hydrogen (secondary N) is 1. The number of nitrogens with zero attached hydrogens (tertiary/aromatic N) is 1. The van der Waals surface area contributed by atoms with Crippen LogP contribution in [-0.4, -0.2) is 31.0 Å². The van der Waals surface area contributed by atoms with Gasteiger partial charge in [-0.05, 0) is 66.6 Å². The quantitative estimate of drug-likeness (QED) is 0.243. The maximum Gasteiger partial charge on any atom is 0.265 e. The molecule has 1 aliphatic heterocycles. The number of benzene rings is 4. The number of rotatable bonds is 8. The van der Waals surface area contributed by atoms with Crippen LogP contribution >= 0.6 is 11.3 Å². The molecule has 0 fully saturated rings. The Balaban J connectivity index is 1.12. The summed E-state index contributed by atoms with van der Waals surface area (Å²) < 4.78 is 53.5.